The number of carboxylic acid groups (broad SMARTS) is 1. The molecule has 5 aliphatic rings. The first-order chi connectivity index (χ1) is 18.6. The molecule has 2 N–H and O–H groups in total. The molecule has 0 aromatic heterocycles. The molecule has 214 valence electrons. The van der Waals surface area contributed by atoms with Gasteiger partial charge in [-0.25, -0.2) is 9.78 Å². The van der Waals surface area contributed by atoms with Gasteiger partial charge < -0.3 is 24.6 Å². The number of carboxylic acids is 1. The zero-order chi connectivity index (χ0) is 27.8. The van der Waals surface area contributed by atoms with Crippen molar-refractivity contribution in [2.45, 2.75) is 95.6 Å². The molecule has 1 spiro atoms. The number of aliphatic carboxylic acids is 1. The monoisotopic (exact) mass is 545 g/mol. The summed E-state index contributed by atoms with van der Waals surface area (Å²) in [5.41, 5.74) is 0.0963. The van der Waals surface area contributed by atoms with Crippen molar-refractivity contribution in [3.8, 4) is 0 Å². The third kappa shape index (κ3) is 5.57. The van der Waals surface area contributed by atoms with Crippen LogP contribution in [-0.2, 0) is 38.4 Å². The molecule has 2 bridgehead atoms. The fraction of sp³-hybridized carbons (Fsp3) is 0.690. The molecular weight excluding hydrogens is 506 g/mol. The van der Waals surface area contributed by atoms with Gasteiger partial charge in [0, 0.05) is 37.1 Å². The van der Waals surface area contributed by atoms with Gasteiger partial charge in [0.2, 0.25) is 18.0 Å². The first-order valence-electron chi connectivity index (χ1n) is 14.0. The SMILES string of the molecule is C[C@H]1[C@H](OC(=O)CCC(=O)NC[C@@H](CC(=O)O)c2ccccc2)O[C@H]2O[C@]3(C)CC[C@H]4[C@@H](C)CC[C@H]1[C@@]24OO3. The van der Waals surface area contributed by atoms with Crippen LogP contribution in [0.1, 0.15) is 77.2 Å². The van der Waals surface area contributed by atoms with Crippen LogP contribution >= 0.6 is 0 Å². The molecule has 0 radical (unpaired) electrons. The smallest absolute Gasteiger partial charge is 0.308 e. The maximum Gasteiger partial charge on any atom is 0.308 e. The van der Waals surface area contributed by atoms with Crippen molar-refractivity contribution in [1.29, 1.82) is 0 Å². The van der Waals surface area contributed by atoms with Gasteiger partial charge in [0.1, 0.15) is 0 Å². The Morgan fingerprint density at radius 1 is 1.08 bits per heavy atom. The third-order valence-corrected chi connectivity index (χ3v) is 9.14. The minimum Gasteiger partial charge on any atom is -0.481 e. The summed E-state index contributed by atoms with van der Waals surface area (Å²) in [7, 11) is 0. The lowest BCUT2D eigenvalue weighted by atomic mass is 9.58. The van der Waals surface area contributed by atoms with Crippen LogP contribution in [0.4, 0.5) is 0 Å². The van der Waals surface area contributed by atoms with Gasteiger partial charge in [0.25, 0.3) is 0 Å². The maximum absolute atomic E-state index is 12.8. The van der Waals surface area contributed by atoms with Gasteiger partial charge >= 0.3 is 11.9 Å². The number of hydrogen-bond acceptors (Lipinski definition) is 8. The molecule has 6 rings (SSSR count). The standard InChI is InChI=1S/C29H39NO9/c1-17-9-10-22-18(2)26(36-27-29(22)21(17)13-14-28(3,37-27)38-39-29)35-25(34)12-11-23(31)30-16-20(15-24(32)33)19-7-5-4-6-8-19/h4-8,17-18,20-22,26-27H,9-16H2,1-3H3,(H,30,31)(H,32,33)/t17-,18+,20+,21-,22+,26+,27-,28-,29+/m0/s1. The van der Waals surface area contributed by atoms with Gasteiger partial charge in [0.05, 0.1) is 12.8 Å². The fourth-order valence-corrected chi connectivity index (χ4v) is 6.98. The van der Waals surface area contributed by atoms with E-state index >= 15 is 0 Å². The van der Waals surface area contributed by atoms with E-state index in [-0.39, 0.29) is 55.4 Å². The van der Waals surface area contributed by atoms with E-state index in [1.165, 1.54) is 0 Å². The highest BCUT2D eigenvalue weighted by atomic mass is 17.3. The molecule has 5 fully saturated rings. The Hall–Kier alpha value is -2.53. The van der Waals surface area contributed by atoms with Crippen molar-refractivity contribution in [3.63, 3.8) is 0 Å². The highest BCUT2D eigenvalue weighted by molar-refractivity contribution is 5.81. The second-order valence-electron chi connectivity index (χ2n) is 11.8. The van der Waals surface area contributed by atoms with Crippen molar-refractivity contribution in [3.05, 3.63) is 35.9 Å². The number of nitrogens with one attached hydrogen (secondary N) is 1. The molecule has 1 aromatic carbocycles. The Kier molecular flexibility index (Phi) is 8.01. The van der Waals surface area contributed by atoms with Crippen molar-refractivity contribution in [1.82, 2.24) is 5.32 Å². The van der Waals surface area contributed by atoms with Crippen LogP contribution in [0.25, 0.3) is 0 Å². The summed E-state index contributed by atoms with van der Waals surface area (Å²) >= 11 is 0. The maximum atomic E-state index is 12.8. The van der Waals surface area contributed by atoms with Gasteiger partial charge in [-0.15, -0.1) is 0 Å². The summed E-state index contributed by atoms with van der Waals surface area (Å²) in [6.45, 7) is 6.25. The highest BCUT2D eigenvalue weighted by Gasteiger charge is 2.69. The van der Waals surface area contributed by atoms with Crippen LogP contribution in [0, 0.1) is 23.7 Å². The Labute approximate surface area is 228 Å². The second-order valence-corrected chi connectivity index (χ2v) is 11.8. The lowest BCUT2D eigenvalue weighted by Crippen LogP contribution is -2.70. The summed E-state index contributed by atoms with van der Waals surface area (Å²) in [5, 5.41) is 12.0. The quantitative estimate of drug-likeness (QED) is 0.351. The van der Waals surface area contributed by atoms with E-state index in [0.717, 1.165) is 24.8 Å². The average molecular weight is 546 g/mol. The number of rotatable bonds is 9. The normalized spacial score (nSPS) is 37.7. The Balaban J connectivity index is 1.16. The summed E-state index contributed by atoms with van der Waals surface area (Å²) < 4.78 is 18.3. The number of carbonyl (C=O) groups excluding carboxylic acids is 2. The van der Waals surface area contributed by atoms with E-state index in [1.54, 1.807) is 0 Å². The number of ether oxygens (including phenoxy) is 3. The summed E-state index contributed by atoms with van der Waals surface area (Å²) in [4.78, 5) is 48.5. The van der Waals surface area contributed by atoms with E-state index in [4.69, 9.17) is 24.0 Å². The highest BCUT2D eigenvalue weighted by Crippen LogP contribution is 2.60. The zero-order valence-corrected chi connectivity index (χ0v) is 22.8. The predicted molar refractivity (Wildman–Crippen MR) is 137 cm³/mol. The lowest BCUT2D eigenvalue weighted by molar-refractivity contribution is -0.576. The number of carbonyl (C=O) groups is 3. The molecule has 1 aliphatic carbocycles. The van der Waals surface area contributed by atoms with Gasteiger partial charge in [-0.1, -0.05) is 44.2 Å². The summed E-state index contributed by atoms with van der Waals surface area (Å²) in [5.74, 6) is -2.57. The second kappa shape index (κ2) is 11.2. The van der Waals surface area contributed by atoms with E-state index < -0.39 is 35.9 Å². The molecule has 39 heavy (non-hydrogen) atoms. The average Bonchev–Trinajstić information content (AvgIpc) is 3.14. The molecule has 9 atom stereocenters. The first kappa shape index (κ1) is 28.0. The Bertz CT molecular complexity index is 1070. The Morgan fingerprint density at radius 2 is 1.85 bits per heavy atom. The largest absolute Gasteiger partial charge is 0.481 e. The molecule has 10 nitrogen and oxygen atoms in total. The van der Waals surface area contributed by atoms with E-state index in [0.29, 0.717) is 12.3 Å². The predicted octanol–water partition coefficient (Wildman–Crippen LogP) is 3.89. The number of benzene rings is 1. The zero-order valence-electron chi connectivity index (χ0n) is 22.8. The van der Waals surface area contributed by atoms with Gasteiger partial charge in [-0.2, -0.15) is 0 Å². The number of esters is 1. The van der Waals surface area contributed by atoms with Gasteiger partial charge in [0.15, 0.2) is 11.9 Å². The topological polar surface area (TPSA) is 130 Å². The summed E-state index contributed by atoms with van der Waals surface area (Å²) in [6, 6.07) is 9.18. The molecular formula is C29H39NO9. The van der Waals surface area contributed by atoms with E-state index in [1.807, 2.05) is 44.2 Å². The van der Waals surface area contributed by atoms with Crippen LogP contribution in [0.3, 0.4) is 0 Å². The molecule has 10 heteroatoms. The molecule has 1 amide bonds. The molecule has 1 aromatic rings. The minimum atomic E-state index is -0.944. The van der Waals surface area contributed by atoms with Gasteiger partial charge in [-0.05, 0) is 43.6 Å². The van der Waals surface area contributed by atoms with Gasteiger partial charge in [-0.3, -0.25) is 14.4 Å². The molecule has 4 heterocycles. The number of amides is 1. The van der Waals surface area contributed by atoms with Crippen LogP contribution in [0.15, 0.2) is 30.3 Å². The number of hydrogen-bond donors (Lipinski definition) is 2. The molecule has 4 saturated heterocycles. The minimum absolute atomic E-state index is 0.0327. The molecule has 4 aliphatic heterocycles. The van der Waals surface area contributed by atoms with E-state index in [9.17, 15) is 19.5 Å². The van der Waals surface area contributed by atoms with E-state index in [2.05, 4.69) is 12.2 Å². The third-order valence-electron chi connectivity index (χ3n) is 9.14. The molecule has 0 unspecified atom stereocenters. The molecule has 1 saturated carbocycles. The first-order valence-corrected chi connectivity index (χ1v) is 14.0. The summed E-state index contributed by atoms with van der Waals surface area (Å²) in [6.07, 6.45) is 1.71. The number of fused-ring (bicyclic) bond motifs is 2. The van der Waals surface area contributed by atoms with Crippen LogP contribution in [0.2, 0.25) is 0 Å². The van der Waals surface area contributed by atoms with Crippen molar-refractivity contribution >= 4 is 17.8 Å². The van der Waals surface area contributed by atoms with Crippen LogP contribution < -0.4 is 5.32 Å². The van der Waals surface area contributed by atoms with Crippen molar-refractivity contribution in [2.24, 2.45) is 23.7 Å². The fourth-order valence-electron chi connectivity index (χ4n) is 6.98. The van der Waals surface area contributed by atoms with Crippen LogP contribution in [-0.4, -0.2) is 53.5 Å². The van der Waals surface area contributed by atoms with Crippen LogP contribution in [0.5, 0.6) is 0 Å². The van der Waals surface area contributed by atoms with Crippen molar-refractivity contribution < 1.29 is 43.5 Å². The lowest BCUT2D eigenvalue weighted by Gasteiger charge is -2.59. The van der Waals surface area contributed by atoms with Crippen molar-refractivity contribution in [2.75, 3.05) is 6.54 Å². The Morgan fingerprint density at radius 3 is 2.59 bits per heavy atom.